The van der Waals surface area contributed by atoms with Gasteiger partial charge in [0.25, 0.3) is 0 Å². The number of esters is 1. The quantitative estimate of drug-likeness (QED) is 0.515. The second kappa shape index (κ2) is 9.57. The van der Waals surface area contributed by atoms with Gasteiger partial charge in [0, 0.05) is 5.56 Å². The summed E-state index contributed by atoms with van der Waals surface area (Å²) in [4.78, 5) is 24.4. The van der Waals surface area contributed by atoms with Crippen molar-refractivity contribution in [3.05, 3.63) is 65.2 Å². The predicted octanol–water partition coefficient (Wildman–Crippen LogP) is 4.23. The van der Waals surface area contributed by atoms with Crippen LogP contribution in [-0.2, 0) is 9.53 Å². The molecule has 27 heavy (non-hydrogen) atoms. The maximum atomic E-state index is 12.3. The Morgan fingerprint density at radius 1 is 1.07 bits per heavy atom. The molecule has 0 saturated heterocycles. The molecule has 0 aliphatic carbocycles. The molecule has 2 aromatic carbocycles. The molecule has 0 unspecified atom stereocenters. The van der Waals surface area contributed by atoms with Crippen LogP contribution < -0.4 is 9.47 Å². The zero-order chi connectivity index (χ0) is 19.8. The number of methoxy groups -OCH3 is 1. The number of benzene rings is 2. The van der Waals surface area contributed by atoms with E-state index in [0.717, 1.165) is 11.1 Å². The number of ketones is 1. The minimum atomic E-state index is -0.886. The fourth-order valence-corrected chi connectivity index (χ4v) is 2.47. The molecule has 0 radical (unpaired) electrons. The lowest BCUT2D eigenvalue weighted by Gasteiger charge is -2.14. The standard InChI is InChI=1S/C22H24O5/c1-5-6-17-9-12-19(20(13-17)25-4)26-14-21(23)27-16(3)22(24)18-10-7-15(2)8-11-18/h5-13,16H,14H2,1-4H3/b6-5+/t16-/m0/s1. The molecule has 2 aromatic rings. The van der Waals surface area contributed by atoms with Gasteiger partial charge in [-0.25, -0.2) is 4.79 Å². The lowest BCUT2D eigenvalue weighted by atomic mass is 10.1. The van der Waals surface area contributed by atoms with Crippen LogP contribution in [-0.4, -0.2) is 31.6 Å². The average Bonchev–Trinajstić information content (AvgIpc) is 2.67. The largest absolute Gasteiger partial charge is 0.493 e. The smallest absolute Gasteiger partial charge is 0.344 e. The van der Waals surface area contributed by atoms with Gasteiger partial charge in [0.1, 0.15) is 0 Å². The Morgan fingerprint density at radius 3 is 2.41 bits per heavy atom. The first-order chi connectivity index (χ1) is 12.9. The van der Waals surface area contributed by atoms with Crippen LogP contribution in [0.15, 0.2) is 48.5 Å². The van der Waals surface area contributed by atoms with E-state index in [9.17, 15) is 9.59 Å². The van der Waals surface area contributed by atoms with Crippen molar-refractivity contribution in [3.63, 3.8) is 0 Å². The van der Waals surface area contributed by atoms with Gasteiger partial charge in [0.05, 0.1) is 7.11 Å². The molecule has 0 heterocycles. The number of allylic oxidation sites excluding steroid dienone is 1. The van der Waals surface area contributed by atoms with E-state index in [1.165, 1.54) is 7.11 Å². The van der Waals surface area contributed by atoms with Gasteiger partial charge in [0.15, 0.2) is 24.2 Å². The monoisotopic (exact) mass is 368 g/mol. The van der Waals surface area contributed by atoms with Crippen molar-refractivity contribution >= 4 is 17.8 Å². The molecule has 1 atom stereocenters. The summed E-state index contributed by atoms with van der Waals surface area (Å²) in [6.07, 6.45) is 2.96. The fourth-order valence-electron chi connectivity index (χ4n) is 2.47. The highest BCUT2D eigenvalue weighted by molar-refractivity contribution is 6.00. The van der Waals surface area contributed by atoms with Crippen LogP contribution in [0.4, 0.5) is 0 Å². The minimum absolute atomic E-state index is 0.253. The summed E-state index contributed by atoms with van der Waals surface area (Å²) in [5, 5.41) is 0. The molecular weight excluding hydrogens is 344 g/mol. The van der Waals surface area contributed by atoms with Crippen LogP contribution in [0.3, 0.4) is 0 Å². The maximum absolute atomic E-state index is 12.3. The molecular formula is C22H24O5. The second-order valence-corrected chi connectivity index (χ2v) is 6.06. The van der Waals surface area contributed by atoms with Gasteiger partial charge in [-0.2, -0.15) is 0 Å². The lowest BCUT2D eigenvalue weighted by molar-refractivity contribution is -0.148. The van der Waals surface area contributed by atoms with Crippen molar-refractivity contribution < 1.29 is 23.8 Å². The summed E-state index contributed by atoms with van der Waals surface area (Å²) in [7, 11) is 1.53. The van der Waals surface area contributed by atoms with E-state index in [0.29, 0.717) is 17.1 Å². The molecule has 0 amide bonds. The topological polar surface area (TPSA) is 61.8 Å². The number of Topliss-reactive ketones (excluding diaryl/α,β-unsaturated/α-hetero) is 1. The van der Waals surface area contributed by atoms with Gasteiger partial charge in [-0.05, 0) is 38.5 Å². The molecule has 0 N–H and O–H groups in total. The third-order valence-electron chi connectivity index (χ3n) is 3.91. The van der Waals surface area contributed by atoms with Crippen molar-refractivity contribution in [3.8, 4) is 11.5 Å². The van der Waals surface area contributed by atoms with E-state index in [2.05, 4.69) is 0 Å². The minimum Gasteiger partial charge on any atom is -0.493 e. The summed E-state index contributed by atoms with van der Waals surface area (Å²) in [5.41, 5.74) is 2.52. The molecule has 0 saturated carbocycles. The van der Waals surface area contributed by atoms with E-state index in [1.807, 2.05) is 50.3 Å². The van der Waals surface area contributed by atoms with E-state index >= 15 is 0 Å². The zero-order valence-corrected chi connectivity index (χ0v) is 16.0. The third kappa shape index (κ3) is 5.71. The second-order valence-electron chi connectivity index (χ2n) is 6.06. The molecule has 2 rings (SSSR count). The summed E-state index contributed by atoms with van der Waals surface area (Å²) in [5.74, 6) is 0.0709. The number of carbonyl (C=O) groups is 2. The highest BCUT2D eigenvalue weighted by atomic mass is 16.6. The first kappa shape index (κ1) is 20.2. The average molecular weight is 368 g/mol. The van der Waals surface area contributed by atoms with Gasteiger partial charge in [-0.1, -0.05) is 48.0 Å². The molecule has 0 spiro atoms. The van der Waals surface area contributed by atoms with E-state index in [-0.39, 0.29) is 12.4 Å². The van der Waals surface area contributed by atoms with Crippen molar-refractivity contribution in [1.29, 1.82) is 0 Å². The number of hydrogen-bond donors (Lipinski definition) is 0. The van der Waals surface area contributed by atoms with Crippen molar-refractivity contribution in [1.82, 2.24) is 0 Å². The normalized spacial score (nSPS) is 11.9. The molecule has 0 fully saturated rings. The highest BCUT2D eigenvalue weighted by Gasteiger charge is 2.20. The molecule has 0 aromatic heterocycles. The molecule has 5 heteroatoms. The maximum Gasteiger partial charge on any atom is 0.344 e. The summed E-state index contributed by atoms with van der Waals surface area (Å²) in [6, 6.07) is 12.5. The number of aryl methyl sites for hydroxylation is 1. The van der Waals surface area contributed by atoms with Gasteiger partial charge < -0.3 is 14.2 Å². The van der Waals surface area contributed by atoms with Gasteiger partial charge in [0.2, 0.25) is 5.78 Å². The Kier molecular flexibility index (Phi) is 7.17. The molecule has 0 aliphatic heterocycles. The SMILES string of the molecule is C/C=C/c1ccc(OCC(=O)O[C@@H](C)C(=O)c2ccc(C)cc2)c(OC)c1. The van der Waals surface area contributed by atoms with Crippen LogP contribution in [0.25, 0.3) is 6.08 Å². The van der Waals surface area contributed by atoms with Crippen molar-refractivity contribution in [2.24, 2.45) is 0 Å². The Bertz CT molecular complexity index is 821. The van der Waals surface area contributed by atoms with Gasteiger partial charge >= 0.3 is 5.97 Å². The van der Waals surface area contributed by atoms with Gasteiger partial charge in [-0.3, -0.25) is 4.79 Å². The fraction of sp³-hybridized carbons (Fsp3) is 0.273. The van der Waals surface area contributed by atoms with E-state index in [1.54, 1.807) is 25.1 Å². The number of ether oxygens (including phenoxy) is 3. The Morgan fingerprint density at radius 2 is 1.78 bits per heavy atom. The molecule has 0 bridgehead atoms. The van der Waals surface area contributed by atoms with Crippen LogP contribution in [0.1, 0.15) is 35.3 Å². The predicted molar refractivity (Wildman–Crippen MR) is 104 cm³/mol. The number of carbonyl (C=O) groups excluding carboxylic acids is 2. The first-order valence-electron chi connectivity index (χ1n) is 8.68. The zero-order valence-electron chi connectivity index (χ0n) is 16.0. The van der Waals surface area contributed by atoms with Crippen LogP contribution in [0.5, 0.6) is 11.5 Å². The van der Waals surface area contributed by atoms with Gasteiger partial charge in [-0.15, -0.1) is 0 Å². The summed E-state index contributed by atoms with van der Waals surface area (Å²) in [6.45, 7) is 5.09. The molecule has 5 nitrogen and oxygen atoms in total. The number of hydrogen-bond acceptors (Lipinski definition) is 5. The van der Waals surface area contributed by atoms with Crippen molar-refractivity contribution in [2.75, 3.05) is 13.7 Å². The molecule has 0 aliphatic rings. The van der Waals surface area contributed by atoms with E-state index in [4.69, 9.17) is 14.2 Å². The first-order valence-corrected chi connectivity index (χ1v) is 8.68. The lowest BCUT2D eigenvalue weighted by Crippen LogP contribution is -2.27. The molecule has 142 valence electrons. The highest BCUT2D eigenvalue weighted by Crippen LogP contribution is 2.28. The summed E-state index contributed by atoms with van der Waals surface area (Å²) < 4.78 is 16.0. The van der Waals surface area contributed by atoms with Crippen LogP contribution in [0, 0.1) is 6.92 Å². The van der Waals surface area contributed by atoms with Crippen molar-refractivity contribution in [2.45, 2.75) is 26.9 Å². The van der Waals surface area contributed by atoms with Crippen LogP contribution >= 0.6 is 0 Å². The van der Waals surface area contributed by atoms with E-state index < -0.39 is 12.1 Å². The number of rotatable bonds is 8. The van der Waals surface area contributed by atoms with Crippen LogP contribution in [0.2, 0.25) is 0 Å². The third-order valence-corrected chi connectivity index (χ3v) is 3.91. The summed E-state index contributed by atoms with van der Waals surface area (Å²) >= 11 is 0. The Hall–Kier alpha value is -3.08. The Balaban J connectivity index is 1.93. The Labute approximate surface area is 159 Å².